The molecule has 0 aliphatic rings. The third kappa shape index (κ3) is 4.19. The minimum absolute atomic E-state index is 0.638. The molecule has 2 heterocycles. The van der Waals surface area contributed by atoms with Gasteiger partial charge < -0.3 is 4.42 Å². The fraction of sp³-hybridized carbons (Fsp3) is 0. The van der Waals surface area contributed by atoms with Crippen LogP contribution in [0.25, 0.3) is 88.8 Å². The first kappa shape index (κ1) is 25.4. The van der Waals surface area contributed by atoms with E-state index in [4.69, 9.17) is 19.4 Å². The quantitative estimate of drug-likeness (QED) is 0.209. The maximum atomic E-state index is 6.71. The van der Waals surface area contributed by atoms with Gasteiger partial charge in [0, 0.05) is 38.4 Å². The lowest BCUT2D eigenvalue weighted by Crippen LogP contribution is -2.00. The van der Waals surface area contributed by atoms with Gasteiger partial charge in [-0.1, -0.05) is 146 Å². The van der Waals surface area contributed by atoms with Crippen molar-refractivity contribution < 1.29 is 4.42 Å². The van der Waals surface area contributed by atoms with E-state index in [9.17, 15) is 0 Å². The lowest BCUT2D eigenvalue weighted by atomic mass is 9.94. The molecule has 0 fully saturated rings. The second-order valence-corrected chi connectivity index (χ2v) is 11.2. The number of benzene rings is 7. The Morgan fingerprint density at radius 2 is 0.822 bits per heavy atom. The first-order chi connectivity index (χ1) is 22.3. The van der Waals surface area contributed by atoms with Crippen LogP contribution in [0.3, 0.4) is 0 Å². The number of hydrogen-bond acceptors (Lipinski definition) is 4. The predicted octanol–water partition coefficient (Wildman–Crippen LogP) is 10.7. The van der Waals surface area contributed by atoms with Crippen molar-refractivity contribution >= 4 is 43.5 Å². The number of hydrogen-bond donors (Lipinski definition) is 0. The summed E-state index contributed by atoms with van der Waals surface area (Å²) in [6, 6.07) is 52.1. The molecule has 45 heavy (non-hydrogen) atoms. The SMILES string of the molecule is c1ccc(-c2nc(-c3ccccc3)nc(-c3cccc4c(-c5cccc6c5oc5c7ccccc7ccc65)cccc34)n2)cc1. The lowest BCUT2D eigenvalue weighted by Gasteiger charge is -2.12. The summed E-state index contributed by atoms with van der Waals surface area (Å²) in [5.41, 5.74) is 6.81. The predicted molar refractivity (Wildman–Crippen MR) is 184 cm³/mol. The van der Waals surface area contributed by atoms with Crippen molar-refractivity contribution in [3.05, 3.63) is 152 Å². The fourth-order valence-corrected chi connectivity index (χ4v) is 6.41. The molecule has 0 aliphatic carbocycles. The number of nitrogens with zero attached hydrogens (tertiary/aromatic N) is 3. The molecule has 2 aromatic heterocycles. The largest absolute Gasteiger partial charge is 0.455 e. The molecule has 0 bridgehead atoms. The Kier molecular flexibility index (Phi) is 5.78. The van der Waals surface area contributed by atoms with Crippen LogP contribution in [0.1, 0.15) is 0 Å². The van der Waals surface area contributed by atoms with Gasteiger partial charge in [0.1, 0.15) is 11.2 Å². The zero-order valence-electron chi connectivity index (χ0n) is 24.2. The Labute approximate surface area is 259 Å². The summed E-state index contributed by atoms with van der Waals surface area (Å²) in [6.07, 6.45) is 0. The summed E-state index contributed by atoms with van der Waals surface area (Å²) in [5.74, 6) is 1.93. The molecular formula is C41H25N3O. The highest BCUT2D eigenvalue weighted by Crippen LogP contribution is 2.41. The van der Waals surface area contributed by atoms with Crippen molar-refractivity contribution in [2.75, 3.05) is 0 Å². The van der Waals surface area contributed by atoms with Crippen molar-refractivity contribution in [2.24, 2.45) is 0 Å². The van der Waals surface area contributed by atoms with Crippen LogP contribution >= 0.6 is 0 Å². The van der Waals surface area contributed by atoms with Crippen LogP contribution in [-0.2, 0) is 0 Å². The highest BCUT2D eigenvalue weighted by molar-refractivity contribution is 6.18. The van der Waals surface area contributed by atoms with Gasteiger partial charge in [-0.2, -0.15) is 0 Å². The van der Waals surface area contributed by atoms with Gasteiger partial charge in [-0.3, -0.25) is 0 Å². The smallest absolute Gasteiger partial charge is 0.164 e. The van der Waals surface area contributed by atoms with Crippen LogP contribution in [0.5, 0.6) is 0 Å². The Morgan fingerprint density at radius 1 is 0.311 bits per heavy atom. The highest BCUT2D eigenvalue weighted by Gasteiger charge is 2.18. The molecule has 4 heteroatoms. The molecule has 0 unspecified atom stereocenters. The molecule has 9 rings (SSSR count). The van der Waals surface area contributed by atoms with Gasteiger partial charge in [0.15, 0.2) is 17.5 Å². The maximum absolute atomic E-state index is 6.71. The molecule has 0 N–H and O–H groups in total. The minimum Gasteiger partial charge on any atom is -0.455 e. The second kappa shape index (κ2) is 10.2. The van der Waals surface area contributed by atoms with E-state index >= 15 is 0 Å². The summed E-state index contributed by atoms with van der Waals surface area (Å²) >= 11 is 0. The van der Waals surface area contributed by atoms with Crippen LogP contribution in [0.4, 0.5) is 0 Å². The van der Waals surface area contributed by atoms with E-state index in [-0.39, 0.29) is 0 Å². The van der Waals surface area contributed by atoms with Gasteiger partial charge in [-0.15, -0.1) is 0 Å². The molecule has 7 aromatic carbocycles. The molecule has 0 saturated heterocycles. The summed E-state index contributed by atoms with van der Waals surface area (Å²) in [7, 11) is 0. The van der Waals surface area contributed by atoms with E-state index < -0.39 is 0 Å². The highest BCUT2D eigenvalue weighted by atomic mass is 16.3. The second-order valence-electron chi connectivity index (χ2n) is 11.2. The molecule has 4 nitrogen and oxygen atoms in total. The van der Waals surface area contributed by atoms with Gasteiger partial charge in [0.05, 0.1) is 0 Å². The normalized spacial score (nSPS) is 11.6. The first-order valence-electron chi connectivity index (χ1n) is 15.0. The Hall–Kier alpha value is -6.13. The number of rotatable bonds is 4. The molecule has 0 amide bonds. The van der Waals surface area contributed by atoms with Crippen molar-refractivity contribution in [2.45, 2.75) is 0 Å². The molecular weight excluding hydrogens is 550 g/mol. The Balaban J connectivity index is 1.27. The molecule has 0 spiro atoms. The maximum Gasteiger partial charge on any atom is 0.164 e. The fourth-order valence-electron chi connectivity index (χ4n) is 6.41. The van der Waals surface area contributed by atoms with Crippen LogP contribution < -0.4 is 0 Å². The summed E-state index contributed by atoms with van der Waals surface area (Å²) in [4.78, 5) is 14.9. The average molecular weight is 576 g/mol. The van der Waals surface area contributed by atoms with E-state index in [1.807, 2.05) is 60.7 Å². The van der Waals surface area contributed by atoms with E-state index in [0.717, 1.165) is 65.9 Å². The summed E-state index contributed by atoms with van der Waals surface area (Å²) in [6.45, 7) is 0. The minimum atomic E-state index is 0.638. The average Bonchev–Trinajstić information content (AvgIpc) is 3.51. The van der Waals surface area contributed by atoms with E-state index in [1.54, 1.807) is 0 Å². The summed E-state index contributed by atoms with van der Waals surface area (Å²) in [5, 5.41) is 6.70. The molecule has 210 valence electrons. The molecule has 0 saturated carbocycles. The Bertz CT molecular complexity index is 2480. The van der Waals surface area contributed by atoms with Crippen molar-refractivity contribution in [3.63, 3.8) is 0 Å². The first-order valence-corrected chi connectivity index (χ1v) is 15.0. The number of fused-ring (bicyclic) bond motifs is 6. The van der Waals surface area contributed by atoms with Gasteiger partial charge >= 0.3 is 0 Å². The van der Waals surface area contributed by atoms with Gasteiger partial charge in [0.25, 0.3) is 0 Å². The third-order valence-electron chi connectivity index (χ3n) is 8.54. The van der Waals surface area contributed by atoms with E-state index in [0.29, 0.717) is 17.5 Å². The van der Waals surface area contributed by atoms with Crippen LogP contribution in [0.15, 0.2) is 156 Å². The van der Waals surface area contributed by atoms with Gasteiger partial charge in [-0.25, -0.2) is 15.0 Å². The lowest BCUT2D eigenvalue weighted by molar-refractivity contribution is 0.674. The molecule has 0 aliphatic heterocycles. The standard InChI is InChI=1S/C41H25N3O/c1-3-13-27(14-4-1)39-42-40(28-15-5-2-6-16-28)44-41(43-39)36-23-10-18-30-31(19-9-20-32(30)36)33-21-11-22-34-35-25-24-26-12-7-8-17-29(26)37(35)45-38(33)34/h1-25H. The van der Waals surface area contributed by atoms with Gasteiger partial charge in [-0.05, 0) is 27.8 Å². The van der Waals surface area contributed by atoms with Crippen LogP contribution in [0, 0.1) is 0 Å². The van der Waals surface area contributed by atoms with Crippen molar-refractivity contribution in [1.82, 2.24) is 15.0 Å². The Morgan fingerprint density at radius 3 is 1.53 bits per heavy atom. The van der Waals surface area contributed by atoms with Crippen LogP contribution in [-0.4, -0.2) is 15.0 Å². The summed E-state index contributed by atoms with van der Waals surface area (Å²) < 4.78 is 6.71. The third-order valence-corrected chi connectivity index (χ3v) is 8.54. The number of para-hydroxylation sites is 1. The zero-order valence-corrected chi connectivity index (χ0v) is 24.2. The number of furan rings is 1. The zero-order chi connectivity index (χ0) is 29.7. The number of aromatic nitrogens is 3. The molecule has 0 radical (unpaired) electrons. The van der Waals surface area contributed by atoms with Crippen LogP contribution in [0.2, 0.25) is 0 Å². The van der Waals surface area contributed by atoms with Crippen molar-refractivity contribution in [3.8, 4) is 45.3 Å². The van der Waals surface area contributed by atoms with Crippen molar-refractivity contribution in [1.29, 1.82) is 0 Å². The van der Waals surface area contributed by atoms with E-state index in [2.05, 4.69) is 91.0 Å². The van der Waals surface area contributed by atoms with Gasteiger partial charge in [0.2, 0.25) is 0 Å². The monoisotopic (exact) mass is 575 g/mol. The molecule has 9 aromatic rings. The van der Waals surface area contributed by atoms with E-state index in [1.165, 1.54) is 5.39 Å². The topological polar surface area (TPSA) is 51.8 Å². The molecule has 0 atom stereocenters.